The molecule has 1 aromatic carbocycles. The zero-order valence-electron chi connectivity index (χ0n) is 13.7. The number of alkyl halides is 3. The number of hydrogen-bond donors (Lipinski definition) is 4. The first-order valence-corrected chi connectivity index (χ1v) is 7.52. The summed E-state index contributed by atoms with van der Waals surface area (Å²) in [6.45, 7) is 1.90. The van der Waals surface area contributed by atoms with E-state index in [1.54, 1.807) is 0 Å². The van der Waals surface area contributed by atoms with Crippen LogP contribution in [-0.2, 0) is 6.18 Å². The van der Waals surface area contributed by atoms with Crippen molar-refractivity contribution < 1.29 is 22.4 Å². The lowest BCUT2D eigenvalue weighted by Gasteiger charge is -2.15. The molecule has 0 radical (unpaired) electrons. The van der Waals surface area contributed by atoms with Crippen molar-refractivity contribution in [3.63, 3.8) is 0 Å². The second-order valence-corrected chi connectivity index (χ2v) is 5.51. The average Bonchev–Trinajstić information content (AvgIpc) is 2.53. The molecule has 0 aliphatic carbocycles. The summed E-state index contributed by atoms with van der Waals surface area (Å²) in [4.78, 5) is 15.5. The van der Waals surface area contributed by atoms with E-state index in [9.17, 15) is 22.4 Å². The molecular formula is C16H17F4N5O. The number of nitrogens with zero attached hydrogens (tertiary/aromatic N) is 1. The van der Waals surface area contributed by atoms with Crippen molar-refractivity contribution in [2.24, 2.45) is 11.5 Å². The van der Waals surface area contributed by atoms with Crippen LogP contribution in [0.5, 0.6) is 0 Å². The number of carbonyl (C=O) groups excluding carboxylic acids is 1. The number of amides is 1. The van der Waals surface area contributed by atoms with E-state index in [1.165, 1.54) is 13.0 Å². The van der Waals surface area contributed by atoms with Crippen molar-refractivity contribution >= 4 is 23.2 Å². The topological polar surface area (TPSA) is 106 Å². The third kappa shape index (κ3) is 4.60. The summed E-state index contributed by atoms with van der Waals surface area (Å²) in [5.41, 5.74) is 9.75. The van der Waals surface area contributed by atoms with E-state index in [2.05, 4.69) is 15.6 Å². The van der Waals surface area contributed by atoms with Crippen molar-refractivity contribution in [1.82, 2.24) is 4.98 Å². The van der Waals surface area contributed by atoms with Crippen LogP contribution in [0.4, 0.5) is 34.9 Å². The molecule has 0 aliphatic heterocycles. The fourth-order valence-corrected chi connectivity index (χ4v) is 2.24. The summed E-state index contributed by atoms with van der Waals surface area (Å²) in [5.74, 6) is -2.19. The molecule has 6 nitrogen and oxygen atoms in total. The van der Waals surface area contributed by atoms with Gasteiger partial charge in [0.15, 0.2) is 11.6 Å². The Kier molecular flexibility index (Phi) is 5.66. The molecule has 0 aliphatic rings. The van der Waals surface area contributed by atoms with Crippen molar-refractivity contribution in [3.8, 4) is 0 Å². The normalized spacial score (nSPS) is 11.3. The highest BCUT2D eigenvalue weighted by Gasteiger charge is 2.31. The van der Waals surface area contributed by atoms with Gasteiger partial charge in [-0.05, 0) is 36.8 Å². The predicted molar refractivity (Wildman–Crippen MR) is 89.7 cm³/mol. The number of pyridine rings is 1. The molecule has 0 unspecified atom stereocenters. The van der Waals surface area contributed by atoms with Crippen LogP contribution in [0.3, 0.4) is 0 Å². The van der Waals surface area contributed by atoms with Gasteiger partial charge in [0.25, 0.3) is 5.91 Å². The maximum atomic E-state index is 14.0. The molecule has 10 heteroatoms. The minimum atomic E-state index is -4.54. The SMILES string of the molecule is Cc1cc(Nc2nc(NCCN)c(F)cc2C(N)=O)cc(C(F)(F)F)c1. The van der Waals surface area contributed by atoms with E-state index in [0.29, 0.717) is 5.56 Å². The second kappa shape index (κ2) is 7.56. The molecule has 6 N–H and O–H groups in total. The van der Waals surface area contributed by atoms with E-state index >= 15 is 0 Å². The van der Waals surface area contributed by atoms with E-state index < -0.39 is 23.5 Å². The molecule has 2 aromatic rings. The zero-order valence-corrected chi connectivity index (χ0v) is 13.7. The van der Waals surface area contributed by atoms with Crippen molar-refractivity contribution in [3.05, 3.63) is 46.8 Å². The number of nitrogens with one attached hydrogen (secondary N) is 2. The van der Waals surface area contributed by atoms with E-state index in [-0.39, 0.29) is 36.0 Å². The third-order valence-corrected chi connectivity index (χ3v) is 3.35. The summed E-state index contributed by atoms with van der Waals surface area (Å²) < 4.78 is 52.9. The van der Waals surface area contributed by atoms with Gasteiger partial charge in [-0.2, -0.15) is 13.2 Å². The lowest BCUT2D eigenvalue weighted by atomic mass is 10.1. The van der Waals surface area contributed by atoms with Gasteiger partial charge in [0.05, 0.1) is 11.1 Å². The van der Waals surface area contributed by atoms with Gasteiger partial charge in [0.1, 0.15) is 5.82 Å². The molecule has 0 fully saturated rings. The largest absolute Gasteiger partial charge is 0.416 e. The Bertz CT molecular complexity index is 823. The minimum absolute atomic E-state index is 0.0312. The highest BCUT2D eigenvalue weighted by atomic mass is 19.4. The summed E-state index contributed by atoms with van der Waals surface area (Å²) in [7, 11) is 0. The summed E-state index contributed by atoms with van der Waals surface area (Å²) >= 11 is 0. The second-order valence-electron chi connectivity index (χ2n) is 5.51. The third-order valence-electron chi connectivity index (χ3n) is 3.35. The van der Waals surface area contributed by atoms with Crippen LogP contribution in [0.25, 0.3) is 0 Å². The Labute approximate surface area is 146 Å². The number of aryl methyl sites for hydroxylation is 1. The van der Waals surface area contributed by atoms with E-state index in [4.69, 9.17) is 11.5 Å². The lowest BCUT2D eigenvalue weighted by molar-refractivity contribution is -0.137. The van der Waals surface area contributed by atoms with Gasteiger partial charge in [-0.1, -0.05) is 0 Å². The first-order valence-electron chi connectivity index (χ1n) is 7.52. The highest BCUT2D eigenvalue weighted by molar-refractivity contribution is 5.98. The van der Waals surface area contributed by atoms with Gasteiger partial charge in [-0.15, -0.1) is 0 Å². The Hall–Kier alpha value is -2.88. The van der Waals surface area contributed by atoms with Crippen molar-refractivity contribution in [1.29, 1.82) is 0 Å². The van der Waals surface area contributed by atoms with Crippen molar-refractivity contribution in [2.75, 3.05) is 23.7 Å². The fraction of sp³-hybridized carbons (Fsp3) is 0.250. The maximum absolute atomic E-state index is 14.0. The Morgan fingerprint density at radius 3 is 2.46 bits per heavy atom. The first-order chi connectivity index (χ1) is 12.1. The molecule has 0 saturated heterocycles. The molecule has 0 spiro atoms. The Morgan fingerprint density at radius 2 is 1.88 bits per heavy atom. The number of hydrogen-bond acceptors (Lipinski definition) is 5. The molecule has 26 heavy (non-hydrogen) atoms. The van der Waals surface area contributed by atoms with Crippen LogP contribution >= 0.6 is 0 Å². The number of rotatable bonds is 6. The van der Waals surface area contributed by atoms with Gasteiger partial charge < -0.3 is 22.1 Å². The predicted octanol–water partition coefficient (Wildman–Crippen LogP) is 2.76. The number of benzene rings is 1. The van der Waals surface area contributed by atoms with E-state index in [0.717, 1.165) is 18.2 Å². The summed E-state index contributed by atoms with van der Waals surface area (Å²) in [5, 5.41) is 5.22. The van der Waals surface area contributed by atoms with Gasteiger partial charge in [-0.3, -0.25) is 4.79 Å². The van der Waals surface area contributed by atoms with Crippen LogP contribution in [-0.4, -0.2) is 24.0 Å². The molecule has 0 atom stereocenters. The standard InChI is InChI=1S/C16H17F4N5O/c1-8-4-9(16(18,19)20)6-10(5-8)24-14-11(13(22)26)7-12(17)15(25-14)23-3-2-21/h4-7H,2-3,21H2,1H3,(H2,22,26)(H2,23,24,25). The van der Waals surface area contributed by atoms with Crippen LogP contribution in [0.15, 0.2) is 24.3 Å². The number of nitrogens with two attached hydrogens (primary N) is 2. The Balaban J connectivity index is 2.47. The monoisotopic (exact) mass is 371 g/mol. The van der Waals surface area contributed by atoms with Gasteiger partial charge in [0.2, 0.25) is 0 Å². The zero-order chi connectivity index (χ0) is 19.5. The quantitative estimate of drug-likeness (QED) is 0.584. The first kappa shape index (κ1) is 19.4. The smallest absolute Gasteiger partial charge is 0.366 e. The van der Waals surface area contributed by atoms with Gasteiger partial charge >= 0.3 is 6.18 Å². The number of aromatic nitrogens is 1. The average molecular weight is 371 g/mol. The Morgan fingerprint density at radius 1 is 1.19 bits per heavy atom. The molecule has 1 aromatic heterocycles. The van der Waals surface area contributed by atoms with Crippen molar-refractivity contribution in [2.45, 2.75) is 13.1 Å². The molecule has 0 saturated carbocycles. The molecule has 0 bridgehead atoms. The number of anilines is 3. The highest BCUT2D eigenvalue weighted by Crippen LogP contribution is 2.33. The molecule has 140 valence electrons. The molecule has 1 heterocycles. The number of halogens is 4. The van der Waals surface area contributed by atoms with Crippen LogP contribution < -0.4 is 22.1 Å². The maximum Gasteiger partial charge on any atom is 0.416 e. The number of carbonyl (C=O) groups is 1. The van der Waals surface area contributed by atoms with E-state index in [1.807, 2.05) is 0 Å². The minimum Gasteiger partial charge on any atom is -0.366 e. The van der Waals surface area contributed by atoms with Crippen LogP contribution in [0.1, 0.15) is 21.5 Å². The van der Waals surface area contributed by atoms with Gasteiger partial charge in [-0.25, -0.2) is 9.37 Å². The molecule has 1 amide bonds. The number of primary amides is 1. The fourth-order valence-electron chi connectivity index (χ4n) is 2.24. The van der Waals surface area contributed by atoms with Crippen LogP contribution in [0.2, 0.25) is 0 Å². The lowest BCUT2D eigenvalue weighted by Crippen LogP contribution is -2.18. The van der Waals surface area contributed by atoms with Gasteiger partial charge in [0, 0.05) is 18.8 Å². The molecule has 2 rings (SSSR count). The summed E-state index contributed by atoms with van der Waals surface area (Å²) in [6.07, 6.45) is -4.54. The van der Waals surface area contributed by atoms with Crippen LogP contribution in [0, 0.1) is 12.7 Å². The molecular weight excluding hydrogens is 354 g/mol. The summed E-state index contributed by atoms with van der Waals surface area (Å²) in [6, 6.07) is 4.12.